The average Bonchev–Trinajstić information content (AvgIpc) is 2.47. The highest BCUT2D eigenvalue weighted by Crippen LogP contribution is 2.31. The summed E-state index contributed by atoms with van der Waals surface area (Å²) in [7, 11) is 0. The molecule has 0 bridgehead atoms. The Kier molecular flexibility index (Phi) is 3.13. The second-order valence-corrected chi connectivity index (χ2v) is 4.95. The van der Waals surface area contributed by atoms with Crippen LogP contribution in [0.5, 0.6) is 0 Å². The number of nitrogens with two attached hydrogens (primary N) is 1. The van der Waals surface area contributed by atoms with E-state index in [-0.39, 0.29) is 4.99 Å². The van der Waals surface area contributed by atoms with Crippen LogP contribution in [0.3, 0.4) is 0 Å². The number of rotatable bonds is 2. The zero-order valence-electron chi connectivity index (χ0n) is 10.4. The van der Waals surface area contributed by atoms with E-state index in [2.05, 4.69) is 33.1 Å². The molecule has 1 aromatic heterocycles. The molecule has 0 aliphatic carbocycles. The van der Waals surface area contributed by atoms with Gasteiger partial charge in [0.05, 0.1) is 12.4 Å². The molecule has 0 amide bonds. The number of anilines is 2. The van der Waals surface area contributed by atoms with Crippen LogP contribution in [0, 0.1) is 0 Å². The molecule has 1 aromatic carbocycles. The van der Waals surface area contributed by atoms with Crippen molar-refractivity contribution in [1.82, 2.24) is 9.97 Å². The number of nitrogens with zero attached hydrogens (tertiary/aromatic N) is 3. The van der Waals surface area contributed by atoms with Gasteiger partial charge in [0.15, 0.2) is 5.82 Å². The van der Waals surface area contributed by atoms with Gasteiger partial charge >= 0.3 is 0 Å². The van der Waals surface area contributed by atoms with Crippen LogP contribution in [-0.2, 0) is 6.42 Å². The molecule has 2 aromatic rings. The molecule has 96 valence electrons. The summed E-state index contributed by atoms with van der Waals surface area (Å²) >= 11 is 4.89. The number of benzene rings is 1. The van der Waals surface area contributed by atoms with Crippen molar-refractivity contribution >= 4 is 28.7 Å². The SMILES string of the molecule is NC(=S)c1cnc(N2CCCc3ccccc32)cn1. The Morgan fingerprint density at radius 1 is 1.21 bits per heavy atom. The minimum absolute atomic E-state index is 0.276. The summed E-state index contributed by atoms with van der Waals surface area (Å²) in [5, 5.41) is 0. The van der Waals surface area contributed by atoms with E-state index in [9.17, 15) is 0 Å². The molecule has 1 aliphatic heterocycles. The zero-order valence-corrected chi connectivity index (χ0v) is 11.2. The number of aryl methyl sites for hydroxylation is 1. The van der Waals surface area contributed by atoms with Crippen molar-refractivity contribution in [2.45, 2.75) is 12.8 Å². The lowest BCUT2D eigenvalue weighted by atomic mass is 10.0. The van der Waals surface area contributed by atoms with Crippen molar-refractivity contribution in [1.29, 1.82) is 0 Å². The summed E-state index contributed by atoms with van der Waals surface area (Å²) in [6.07, 6.45) is 5.60. The molecule has 0 fully saturated rings. The predicted octanol–water partition coefficient (Wildman–Crippen LogP) is 2.20. The molecule has 0 spiro atoms. The van der Waals surface area contributed by atoms with E-state index in [1.165, 1.54) is 11.3 Å². The standard InChI is InChI=1S/C14H14N4S/c15-14(19)11-8-17-13(9-16-11)18-7-3-5-10-4-1-2-6-12(10)18/h1-2,4,6,8-9H,3,5,7H2,(H2,15,19). The Hall–Kier alpha value is -2.01. The van der Waals surface area contributed by atoms with Gasteiger partial charge < -0.3 is 10.6 Å². The minimum Gasteiger partial charge on any atom is -0.388 e. The number of aromatic nitrogens is 2. The number of thiocarbonyl (C=S) groups is 1. The van der Waals surface area contributed by atoms with Gasteiger partial charge in [-0.25, -0.2) is 9.97 Å². The highest BCUT2D eigenvalue weighted by atomic mass is 32.1. The molecule has 0 saturated carbocycles. The molecule has 0 saturated heterocycles. The van der Waals surface area contributed by atoms with Crippen LogP contribution in [0.2, 0.25) is 0 Å². The first-order valence-electron chi connectivity index (χ1n) is 6.23. The Morgan fingerprint density at radius 3 is 2.79 bits per heavy atom. The van der Waals surface area contributed by atoms with Gasteiger partial charge in [0, 0.05) is 12.2 Å². The molecule has 0 unspecified atom stereocenters. The fraction of sp³-hybridized carbons (Fsp3) is 0.214. The second-order valence-electron chi connectivity index (χ2n) is 4.51. The first kappa shape index (κ1) is 12.0. The van der Waals surface area contributed by atoms with E-state index in [1.54, 1.807) is 12.4 Å². The van der Waals surface area contributed by atoms with Crippen LogP contribution < -0.4 is 10.6 Å². The molecule has 5 heteroatoms. The third-order valence-electron chi connectivity index (χ3n) is 3.28. The van der Waals surface area contributed by atoms with E-state index in [0.717, 1.165) is 25.2 Å². The molecule has 0 atom stereocenters. The Morgan fingerprint density at radius 2 is 2.05 bits per heavy atom. The molecular formula is C14H14N4S. The molecular weight excluding hydrogens is 256 g/mol. The Bertz CT molecular complexity index is 609. The molecule has 2 heterocycles. The van der Waals surface area contributed by atoms with Crippen molar-refractivity contribution in [3.05, 3.63) is 47.9 Å². The highest BCUT2D eigenvalue weighted by Gasteiger charge is 2.18. The normalized spacial score (nSPS) is 14.0. The summed E-state index contributed by atoms with van der Waals surface area (Å²) in [5.41, 5.74) is 8.66. The Labute approximate surface area is 117 Å². The summed E-state index contributed by atoms with van der Waals surface area (Å²) < 4.78 is 0. The second kappa shape index (κ2) is 4.93. The van der Waals surface area contributed by atoms with Crippen molar-refractivity contribution in [2.24, 2.45) is 5.73 Å². The summed E-state index contributed by atoms with van der Waals surface area (Å²) in [5.74, 6) is 0.840. The first-order chi connectivity index (χ1) is 9.25. The third-order valence-corrected chi connectivity index (χ3v) is 3.49. The van der Waals surface area contributed by atoms with Gasteiger partial charge in [-0.15, -0.1) is 0 Å². The number of para-hydroxylation sites is 1. The van der Waals surface area contributed by atoms with Crippen molar-refractivity contribution in [3.8, 4) is 0 Å². The van der Waals surface area contributed by atoms with Gasteiger partial charge in [0.2, 0.25) is 0 Å². The van der Waals surface area contributed by atoms with Crippen LogP contribution in [0.15, 0.2) is 36.7 Å². The number of fused-ring (bicyclic) bond motifs is 1. The highest BCUT2D eigenvalue weighted by molar-refractivity contribution is 7.80. The largest absolute Gasteiger partial charge is 0.388 e. The maximum absolute atomic E-state index is 5.53. The van der Waals surface area contributed by atoms with Crippen molar-refractivity contribution < 1.29 is 0 Å². The monoisotopic (exact) mass is 270 g/mol. The topological polar surface area (TPSA) is 55.0 Å². The first-order valence-corrected chi connectivity index (χ1v) is 6.64. The lowest BCUT2D eigenvalue weighted by molar-refractivity contribution is 0.758. The van der Waals surface area contributed by atoms with E-state index in [1.807, 2.05) is 6.07 Å². The van der Waals surface area contributed by atoms with E-state index in [4.69, 9.17) is 18.0 Å². The van der Waals surface area contributed by atoms with Crippen molar-refractivity contribution in [2.75, 3.05) is 11.4 Å². The summed E-state index contributed by atoms with van der Waals surface area (Å²) in [4.78, 5) is 11.1. The van der Waals surface area contributed by atoms with Gasteiger partial charge in [-0.3, -0.25) is 0 Å². The maximum atomic E-state index is 5.53. The fourth-order valence-corrected chi connectivity index (χ4v) is 2.46. The molecule has 1 aliphatic rings. The lowest BCUT2D eigenvalue weighted by Crippen LogP contribution is -2.25. The van der Waals surface area contributed by atoms with Gasteiger partial charge in [0.25, 0.3) is 0 Å². The van der Waals surface area contributed by atoms with Crippen LogP contribution in [0.25, 0.3) is 0 Å². The summed E-state index contributed by atoms with van der Waals surface area (Å²) in [6, 6.07) is 8.41. The summed E-state index contributed by atoms with van der Waals surface area (Å²) in [6.45, 7) is 0.956. The van der Waals surface area contributed by atoms with E-state index >= 15 is 0 Å². The fourth-order valence-electron chi connectivity index (χ4n) is 2.36. The quantitative estimate of drug-likeness (QED) is 0.848. The maximum Gasteiger partial charge on any atom is 0.151 e. The molecule has 2 N–H and O–H groups in total. The van der Waals surface area contributed by atoms with E-state index < -0.39 is 0 Å². The van der Waals surface area contributed by atoms with Gasteiger partial charge in [0.1, 0.15) is 10.7 Å². The van der Waals surface area contributed by atoms with Crippen molar-refractivity contribution in [3.63, 3.8) is 0 Å². The van der Waals surface area contributed by atoms with E-state index in [0.29, 0.717) is 5.69 Å². The molecule has 3 rings (SSSR count). The zero-order chi connectivity index (χ0) is 13.2. The smallest absolute Gasteiger partial charge is 0.151 e. The van der Waals surface area contributed by atoms with Crippen LogP contribution >= 0.6 is 12.2 Å². The van der Waals surface area contributed by atoms with Crippen LogP contribution in [0.4, 0.5) is 11.5 Å². The van der Waals surface area contributed by atoms with Gasteiger partial charge in [-0.1, -0.05) is 30.4 Å². The van der Waals surface area contributed by atoms with Crippen LogP contribution in [0.1, 0.15) is 17.7 Å². The van der Waals surface area contributed by atoms with Crippen LogP contribution in [-0.4, -0.2) is 21.5 Å². The Balaban J connectivity index is 1.97. The minimum atomic E-state index is 0.276. The molecule has 4 nitrogen and oxygen atoms in total. The van der Waals surface area contributed by atoms with Gasteiger partial charge in [-0.2, -0.15) is 0 Å². The molecule has 19 heavy (non-hydrogen) atoms. The predicted molar refractivity (Wildman–Crippen MR) is 79.7 cm³/mol. The number of hydrogen-bond donors (Lipinski definition) is 1. The van der Waals surface area contributed by atoms with Gasteiger partial charge in [-0.05, 0) is 24.5 Å². The lowest BCUT2D eigenvalue weighted by Gasteiger charge is -2.30. The average molecular weight is 270 g/mol. The number of hydrogen-bond acceptors (Lipinski definition) is 4. The third kappa shape index (κ3) is 2.29. The molecule has 0 radical (unpaired) electrons.